The second-order valence-electron chi connectivity index (χ2n) is 4.53. The van der Waals surface area contributed by atoms with E-state index in [1.807, 2.05) is 0 Å². The molecule has 1 rings (SSSR count). The lowest BCUT2D eigenvalue weighted by Gasteiger charge is -2.07. The van der Waals surface area contributed by atoms with Crippen molar-refractivity contribution in [1.29, 1.82) is 0 Å². The van der Waals surface area contributed by atoms with E-state index in [0.717, 1.165) is 12.8 Å². The van der Waals surface area contributed by atoms with Crippen LogP contribution in [-0.4, -0.2) is 29.6 Å². The highest BCUT2D eigenvalue weighted by Crippen LogP contribution is 2.08. The molecule has 0 radical (unpaired) electrons. The van der Waals surface area contributed by atoms with Crippen LogP contribution in [0.1, 0.15) is 36.0 Å². The Morgan fingerprint density at radius 2 is 1.71 bits per heavy atom. The van der Waals surface area contributed by atoms with Gasteiger partial charge in [0.1, 0.15) is 0 Å². The first-order valence-electron chi connectivity index (χ1n) is 6.65. The van der Waals surface area contributed by atoms with Gasteiger partial charge in [-0.25, -0.2) is 4.79 Å². The zero-order valence-corrected chi connectivity index (χ0v) is 11.6. The molecule has 0 aliphatic carbocycles. The molecule has 0 heterocycles. The highest BCUT2D eigenvalue weighted by Gasteiger charge is 2.03. The number of amides is 3. The van der Waals surface area contributed by atoms with Gasteiger partial charge in [0, 0.05) is 24.2 Å². The number of carbonyl (C=O) groups is 3. The van der Waals surface area contributed by atoms with E-state index in [1.165, 1.54) is 12.1 Å². The molecule has 114 valence electrons. The maximum atomic E-state index is 11.6. The number of nitrogens with one attached hydrogen (secondary N) is 2. The topological polar surface area (TPSA) is 122 Å². The fourth-order valence-electron chi connectivity index (χ4n) is 1.67. The van der Waals surface area contributed by atoms with Crippen molar-refractivity contribution in [1.82, 2.24) is 5.32 Å². The van der Waals surface area contributed by atoms with Gasteiger partial charge >= 0.3 is 12.0 Å². The number of aliphatic carboxylic acids is 1. The fraction of sp³-hybridized carbons (Fsp3) is 0.357. The van der Waals surface area contributed by atoms with E-state index in [1.54, 1.807) is 12.1 Å². The van der Waals surface area contributed by atoms with Crippen LogP contribution in [0.4, 0.5) is 10.5 Å². The molecule has 3 amide bonds. The second kappa shape index (κ2) is 8.57. The lowest BCUT2D eigenvalue weighted by Crippen LogP contribution is -2.29. The zero-order chi connectivity index (χ0) is 15.7. The molecular weight excluding hydrogens is 274 g/mol. The van der Waals surface area contributed by atoms with Gasteiger partial charge in [-0.05, 0) is 37.1 Å². The first-order chi connectivity index (χ1) is 9.99. The third kappa shape index (κ3) is 6.95. The molecule has 0 unspecified atom stereocenters. The number of carboxylic acid groups (broad SMARTS) is 1. The van der Waals surface area contributed by atoms with Crippen molar-refractivity contribution in [2.75, 3.05) is 11.9 Å². The van der Waals surface area contributed by atoms with Crippen molar-refractivity contribution in [3.8, 4) is 0 Å². The van der Waals surface area contributed by atoms with E-state index < -0.39 is 11.9 Å². The molecule has 0 bridgehead atoms. The minimum Gasteiger partial charge on any atom is -0.481 e. The molecule has 0 saturated carbocycles. The molecule has 0 atom stereocenters. The maximum Gasteiger partial charge on any atom is 0.319 e. The van der Waals surface area contributed by atoms with E-state index in [-0.39, 0.29) is 12.5 Å². The first kappa shape index (κ1) is 16.5. The number of carboxylic acids is 1. The quantitative estimate of drug-likeness (QED) is 0.543. The number of unbranched alkanes of at least 4 members (excludes halogenated alkanes) is 2. The van der Waals surface area contributed by atoms with Crippen LogP contribution in [0, 0.1) is 0 Å². The number of carbonyl (C=O) groups excluding carboxylic acids is 2. The lowest BCUT2D eigenvalue weighted by molar-refractivity contribution is -0.137. The summed E-state index contributed by atoms with van der Waals surface area (Å²) in [4.78, 5) is 32.8. The number of hydrogen-bond acceptors (Lipinski definition) is 3. The molecule has 7 heteroatoms. The average Bonchev–Trinajstić information content (AvgIpc) is 2.43. The summed E-state index contributed by atoms with van der Waals surface area (Å²) in [6.45, 7) is 0.477. The van der Waals surface area contributed by atoms with Gasteiger partial charge in [-0.3, -0.25) is 9.59 Å². The predicted octanol–water partition coefficient (Wildman–Crippen LogP) is 1.55. The van der Waals surface area contributed by atoms with Gasteiger partial charge in [0.05, 0.1) is 0 Å². The third-order valence-electron chi connectivity index (χ3n) is 2.78. The molecular formula is C14H19N3O4. The van der Waals surface area contributed by atoms with Gasteiger partial charge < -0.3 is 21.5 Å². The SMILES string of the molecule is NC(=O)c1ccc(NC(=O)NCCCCCC(=O)O)cc1. The van der Waals surface area contributed by atoms with Gasteiger partial charge in [0.25, 0.3) is 0 Å². The smallest absolute Gasteiger partial charge is 0.319 e. The minimum atomic E-state index is -0.805. The van der Waals surface area contributed by atoms with Crippen molar-refractivity contribution in [3.63, 3.8) is 0 Å². The Balaban J connectivity index is 2.21. The molecule has 21 heavy (non-hydrogen) atoms. The van der Waals surface area contributed by atoms with E-state index in [4.69, 9.17) is 10.8 Å². The molecule has 1 aromatic rings. The largest absolute Gasteiger partial charge is 0.481 e. The number of urea groups is 1. The Kier molecular flexibility index (Phi) is 6.73. The fourth-order valence-corrected chi connectivity index (χ4v) is 1.67. The van der Waals surface area contributed by atoms with Gasteiger partial charge in [-0.15, -0.1) is 0 Å². The average molecular weight is 293 g/mol. The summed E-state index contributed by atoms with van der Waals surface area (Å²) in [5.74, 6) is -1.33. The Hall–Kier alpha value is -2.57. The van der Waals surface area contributed by atoms with Crippen molar-refractivity contribution >= 4 is 23.6 Å². The van der Waals surface area contributed by atoms with Crippen LogP contribution in [0.25, 0.3) is 0 Å². The standard InChI is InChI=1S/C14H19N3O4/c15-13(20)10-5-7-11(8-6-10)17-14(21)16-9-3-1-2-4-12(18)19/h5-8H,1-4,9H2,(H2,15,20)(H,18,19)(H2,16,17,21). The highest BCUT2D eigenvalue weighted by atomic mass is 16.4. The summed E-state index contributed by atoms with van der Waals surface area (Å²) < 4.78 is 0. The van der Waals surface area contributed by atoms with Crippen LogP contribution in [0.15, 0.2) is 24.3 Å². The number of anilines is 1. The highest BCUT2D eigenvalue weighted by molar-refractivity contribution is 5.94. The molecule has 0 fully saturated rings. The van der Waals surface area contributed by atoms with Gasteiger partial charge in [0.2, 0.25) is 5.91 Å². The van der Waals surface area contributed by atoms with Crippen molar-refractivity contribution in [3.05, 3.63) is 29.8 Å². The molecule has 0 saturated heterocycles. The van der Waals surface area contributed by atoms with Crippen molar-refractivity contribution in [2.45, 2.75) is 25.7 Å². The Bertz CT molecular complexity index is 499. The number of nitrogens with two attached hydrogens (primary N) is 1. The summed E-state index contributed by atoms with van der Waals surface area (Å²) in [6.07, 6.45) is 2.23. The van der Waals surface area contributed by atoms with Crippen LogP contribution in [-0.2, 0) is 4.79 Å². The molecule has 1 aromatic carbocycles. The predicted molar refractivity (Wildman–Crippen MR) is 78.1 cm³/mol. The van der Waals surface area contributed by atoms with Gasteiger partial charge in [0.15, 0.2) is 0 Å². The molecule has 0 spiro atoms. The number of benzene rings is 1. The van der Waals surface area contributed by atoms with Gasteiger partial charge in [-0.2, -0.15) is 0 Å². The zero-order valence-electron chi connectivity index (χ0n) is 11.6. The Labute approximate surface area is 122 Å². The summed E-state index contributed by atoms with van der Waals surface area (Å²) in [5.41, 5.74) is 6.05. The number of hydrogen-bond donors (Lipinski definition) is 4. The minimum absolute atomic E-state index is 0.151. The van der Waals surface area contributed by atoms with E-state index >= 15 is 0 Å². The summed E-state index contributed by atoms with van der Waals surface area (Å²) in [6, 6.07) is 5.90. The lowest BCUT2D eigenvalue weighted by atomic mass is 10.2. The number of rotatable bonds is 8. The van der Waals surface area contributed by atoms with Crippen LogP contribution in [0.5, 0.6) is 0 Å². The van der Waals surface area contributed by atoms with Gasteiger partial charge in [-0.1, -0.05) is 6.42 Å². The van der Waals surface area contributed by atoms with E-state index in [9.17, 15) is 14.4 Å². The van der Waals surface area contributed by atoms with Crippen LogP contribution < -0.4 is 16.4 Å². The molecule has 0 aromatic heterocycles. The Morgan fingerprint density at radius 1 is 1.05 bits per heavy atom. The number of primary amides is 1. The van der Waals surface area contributed by atoms with Crippen LogP contribution in [0.3, 0.4) is 0 Å². The van der Waals surface area contributed by atoms with Crippen LogP contribution >= 0.6 is 0 Å². The van der Waals surface area contributed by atoms with E-state index in [0.29, 0.717) is 24.2 Å². The van der Waals surface area contributed by atoms with Crippen molar-refractivity contribution < 1.29 is 19.5 Å². The van der Waals surface area contributed by atoms with Crippen molar-refractivity contribution in [2.24, 2.45) is 5.73 Å². The normalized spacial score (nSPS) is 9.90. The summed E-state index contributed by atoms with van der Waals surface area (Å²) in [5, 5.41) is 13.8. The van der Waals surface area contributed by atoms with E-state index in [2.05, 4.69) is 10.6 Å². The third-order valence-corrected chi connectivity index (χ3v) is 2.78. The van der Waals surface area contributed by atoms with Crippen LogP contribution in [0.2, 0.25) is 0 Å². The molecule has 7 nitrogen and oxygen atoms in total. The summed E-state index contributed by atoms with van der Waals surface area (Å²) in [7, 11) is 0. The second-order valence-corrected chi connectivity index (χ2v) is 4.53. The maximum absolute atomic E-state index is 11.6. The monoisotopic (exact) mass is 293 g/mol. The molecule has 0 aliphatic heterocycles. The molecule has 5 N–H and O–H groups in total. The summed E-state index contributed by atoms with van der Waals surface area (Å²) >= 11 is 0. The Morgan fingerprint density at radius 3 is 2.29 bits per heavy atom. The molecule has 0 aliphatic rings. The first-order valence-corrected chi connectivity index (χ1v) is 6.65.